The number of nitrogens with one attached hydrogen (secondary N) is 2. The van der Waals surface area contributed by atoms with E-state index in [-0.39, 0.29) is 18.5 Å². The summed E-state index contributed by atoms with van der Waals surface area (Å²) in [6.45, 7) is 1.15. The van der Waals surface area contributed by atoms with E-state index in [2.05, 4.69) is 10.6 Å². The molecule has 1 amide bonds. The molecule has 0 fully saturated rings. The summed E-state index contributed by atoms with van der Waals surface area (Å²) in [7, 11) is 3.24. The van der Waals surface area contributed by atoms with Gasteiger partial charge in [0.05, 0.1) is 26.8 Å². The smallest absolute Gasteiger partial charge is 0.234 e. The number of carbonyl (C=O) groups is 1. The van der Waals surface area contributed by atoms with Crippen molar-refractivity contribution in [3.8, 4) is 17.2 Å². The standard InChI is InChI=1S/C25H28N2O4/c1-29-21-14-12-20(13-15-21)25(19-8-4-3-5-9-19)27-24(28)18-26-16-17-31-23-11-7-6-10-22(23)30-2/h3-15,25-26H,16-18H2,1-2H3,(H,27,28). The van der Waals surface area contributed by atoms with E-state index in [9.17, 15) is 4.79 Å². The van der Waals surface area contributed by atoms with Crippen molar-refractivity contribution in [3.63, 3.8) is 0 Å². The molecule has 3 rings (SSSR count). The summed E-state index contributed by atoms with van der Waals surface area (Å²) < 4.78 is 16.2. The highest BCUT2D eigenvalue weighted by Crippen LogP contribution is 2.25. The first kappa shape index (κ1) is 22.2. The highest BCUT2D eigenvalue weighted by Gasteiger charge is 2.16. The summed E-state index contributed by atoms with van der Waals surface area (Å²) >= 11 is 0. The van der Waals surface area contributed by atoms with Gasteiger partial charge in [0.15, 0.2) is 11.5 Å². The van der Waals surface area contributed by atoms with Crippen LogP contribution in [0.3, 0.4) is 0 Å². The summed E-state index contributed by atoms with van der Waals surface area (Å²) in [4.78, 5) is 12.6. The molecule has 0 aromatic heterocycles. The molecule has 0 bridgehead atoms. The molecule has 3 aromatic carbocycles. The maximum absolute atomic E-state index is 12.6. The number of amides is 1. The first-order valence-corrected chi connectivity index (χ1v) is 10.2. The highest BCUT2D eigenvalue weighted by atomic mass is 16.5. The van der Waals surface area contributed by atoms with Crippen molar-refractivity contribution in [2.24, 2.45) is 0 Å². The fourth-order valence-corrected chi connectivity index (χ4v) is 3.19. The third kappa shape index (κ3) is 6.49. The third-order valence-corrected chi connectivity index (χ3v) is 4.78. The maximum atomic E-state index is 12.6. The molecule has 162 valence electrons. The zero-order valence-corrected chi connectivity index (χ0v) is 17.8. The van der Waals surface area contributed by atoms with Crippen molar-refractivity contribution in [2.75, 3.05) is 33.9 Å². The lowest BCUT2D eigenvalue weighted by molar-refractivity contribution is -0.120. The maximum Gasteiger partial charge on any atom is 0.234 e. The average molecular weight is 421 g/mol. The number of para-hydroxylation sites is 2. The second-order valence-corrected chi connectivity index (χ2v) is 6.86. The van der Waals surface area contributed by atoms with Crippen molar-refractivity contribution in [3.05, 3.63) is 90.0 Å². The second kappa shape index (κ2) is 11.6. The molecule has 2 N–H and O–H groups in total. The fraction of sp³-hybridized carbons (Fsp3) is 0.240. The van der Waals surface area contributed by atoms with E-state index in [1.807, 2.05) is 78.9 Å². The van der Waals surface area contributed by atoms with Gasteiger partial charge in [-0.25, -0.2) is 0 Å². The Balaban J connectivity index is 1.53. The quantitative estimate of drug-likeness (QED) is 0.464. The van der Waals surface area contributed by atoms with Crippen LogP contribution in [0.15, 0.2) is 78.9 Å². The van der Waals surface area contributed by atoms with E-state index in [4.69, 9.17) is 14.2 Å². The normalized spacial score (nSPS) is 11.4. The van der Waals surface area contributed by atoms with Crippen LogP contribution in [-0.2, 0) is 4.79 Å². The molecule has 0 aliphatic heterocycles. The molecular weight excluding hydrogens is 392 g/mol. The first-order valence-electron chi connectivity index (χ1n) is 10.2. The Morgan fingerprint density at radius 1 is 0.806 bits per heavy atom. The van der Waals surface area contributed by atoms with Gasteiger partial charge in [0.25, 0.3) is 0 Å². The van der Waals surface area contributed by atoms with Gasteiger partial charge in [-0.2, -0.15) is 0 Å². The third-order valence-electron chi connectivity index (χ3n) is 4.78. The predicted octanol–water partition coefficient (Wildman–Crippen LogP) is 3.58. The van der Waals surface area contributed by atoms with E-state index in [1.54, 1.807) is 14.2 Å². The second-order valence-electron chi connectivity index (χ2n) is 6.86. The van der Waals surface area contributed by atoms with Crippen LogP contribution in [0.1, 0.15) is 17.2 Å². The Kier molecular flexibility index (Phi) is 8.31. The molecule has 0 spiro atoms. The zero-order chi connectivity index (χ0) is 21.9. The Hall–Kier alpha value is -3.51. The van der Waals surface area contributed by atoms with Crippen LogP contribution < -0.4 is 24.8 Å². The van der Waals surface area contributed by atoms with Gasteiger partial charge in [0, 0.05) is 6.54 Å². The lowest BCUT2D eigenvalue weighted by atomic mass is 9.98. The molecule has 0 radical (unpaired) electrons. The Labute approximate surface area is 183 Å². The highest BCUT2D eigenvalue weighted by molar-refractivity contribution is 5.79. The van der Waals surface area contributed by atoms with E-state index < -0.39 is 0 Å². The van der Waals surface area contributed by atoms with Gasteiger partial charge in [0.2, 0.25) is 5.91 Å². The SMILES string of the molecule is COc1ccc(C(NC(=O)CNCCOc2ccccc2OC)c2ccccc2)cc1. The Bertz CT molecular complexity index is 945. The van der Waals surface area contributed by atoms with E-state index in [0.717, 1.165) is 16.9 Å². The largest absolute Gasteiger partial charge is 0.497 e. The molecule has 0 saturated heterocycles. The van der Waals surface area contributed by atoms with Crippen molar-refractivity contribution in [2.45, 2.75) is 6.04 Å². The lowest BCUT2D eigenvalue weighted by Crippen LogP contribution is -2.38. The molecule has 6 heteroatoms. The van der Waals surface area contributed by atoms with E-state index >= 15 is 0 Å². The van der Waals surface area contributed by atoms with Gasteiger partial charge < -0.3 is 24.8 Å². The van der Waals surface area contributed by atoms with Gasteiger partial charge in [-0.05, 0) is 35.4 Å². The minimum absolute atomic E-state index is 0.0954. The number of ether oxygens (including phenoxy) is 3. The molecule has 0 aliphatic carbocycles. The van der Waals surface area contributed by atoms with Gasteiger partial charge in [0.1, 0.15) is 12.4 Å². The predicted molar refractivity (Wildman–Crippen MR) is 121 cm³/mol. The van der Waals surface area contributed by atoms with Crippen LogP contribution in [0.5, 0.6) is 17.2 Å². The molecule has 3 aromatic rings. The molecule has 1 unspecified atom stereocenters. The monoisotopic (exact) mass is 420 g/mol. The van der Waals surface area contributed by atoms with Crippen LogP contribution >= 0.6 is 0 Å². The lowest BCUT2D eigenvalue weighted by Gasteiger charge is -2.20. The number of methoxy groups -OCH3 is 2. The van der Waals surface area contributed by atoms with Crippen LogP contribution in [-0.4, -0.2) is 39.8 Å². The zero-order valence-electron chi connectivity index (χ0n) is 17.8. The average Bonchev–Trinajstić information content (AvgIpc) is 2.83. The Morgan fingerprint density at radius 2 is 1.45 bits per heavy atom. The van der Waals surface area contributed by atoms with E-state index in [1.165, 1.54) is 0 Å². The number of hydrogen-bond acceptors (Lipinski definition) is 5. The topological polar surface area (TPSA) is 68.8 Å². The molecule has 31 heavy (non-hydrogen) atoms. The van der Waals surface area contributed by atoms with Crippen molar-refractivity contribution >= 4 is 5.91 Å². The Morgan fingerprint density at radius 3 is 2.13 bits per heavy atom. The number of rotatable bonds is 11. The number of benzene rings is 3. The van der Waals surface area contributed by atoms with Crippen molar-refractivity contribution in [1.82, 2.24) is 10.6 Å². The fourth-order valence-electron chi connectivity index (χ4n) is 3.19. The van der Waals surface area contributed by atoms with Crippen molar-refractivity contribution < 1.29 is 19.0 Å². The molecule has 0 aliphatic rings. The number of carbonyl (C=O) groups excluding carboxylic acids is 1. The van der Waals surface area contributed by atoms with Crippen molar-refractivity contribution in [1.29, 1.82) is 0 Å². The molecule has 0 heterocycles. The van der Waals surface area contributed by atoms with Gasteiger partial charge in [-0.15, -0.1) is 0 Å². The summed E-state index contributed by atoms with van der Waals surface area (Å²) in [5, 5.41) is 6.23. The minimum Gasteiger partial charge on any atom is -0.497 e. The summed E-state index contributed by atoms with van der Waals surface area (Å²) in [5.41, 5.74) is 2.00. The summed E-state index contributed by atoms with van der Waals surface area (Å²) in [6, 6.07) is 24.8. The first-order chi connectivity index (χ1) is 15.2. The number of hydrogen-bond donors (Lipinski definition) is 2. The minimum atomic E-state index is -0.244. The molecule has 1 atom stereocenters. The van der Waals surface area contributed by atoms with Crippen LogP contribution in [0.25, 0.3) is 0 Å². The summed E-state index contributed by atoms with van der Waals surface area (Å²) in [5.74, 6) is 2.05. The van der Waals surface area contributed by atoms with E-state index in [0.29, 0.717) is 24.7 Å². The van der Waals surface area contributed by atoms with Gasteiger partial charge in [-0.3, -0.25) is 4.79 Å². The summed E-state index contributed by atoms with van der Waals surface area (Å²) in [6.07, 6.45) is 0. The van der Waals surface area contributed by atoms with Gasteiger partial charge >= 0.3 is 0 Å². The van der Waals surface area contributed by atoms with Crippen LogP contribution in [0.4, 0.5) is 0 Å². The van der Waals surface area contributed by atoms with Crippen LogP contribution in [0.2, 0.25) is 0 Å². The van der Waals surface area contributed by atoms with Crippen LogP contribution in [0, 0.1) is 0 Å². The molecular formula is C25H28N2O4. The molecule has 0 saturated carbocycles. The van der Waals surface area contributed by atoms with Gasteiger partial charge in [-0.1, -0.05) is 54.6 Å². The molecule has 6 nitrogen and oxygen atoms in total.